The highest BCUT2D eigenvalue weighted by molar-refractivity contribution is 5.95. The second-order valence-electron chi connectivity index (χ2n) is 9.21. The SMILES string of the molecule is CCOc1cc(C(=O)NCc2cccc(NC(=O)CCNC(=O)OC(C)(C)C)c2)cc(OCC)c1OCC. The molecule has 0 atom stereocenters. The van der Waals surface area contributed by atoms with E-state index in [0.717, 1.165) is 5.56 Å². The molecule has 0 aliphatic heterocycles. The van der Waals surface area contributed by atoms with E-state index in [9.17, 15) is 14.4 Å². The van der Waals surface area contributed by atoms with Gasteiger partial charge < -0.3 is 34.9 Å². The first kappa shape index (κ1) is 30.3. The Kier molecular flexibility index (Phi) is 11.7. The van der Waals surface area contributed by atoms with Gasteiger partial charge in [-0.2, -0.15) is 0 Å². The summed E-state index contributed by atoms with van der Waals surface area (Å²) in [4.78, 5) is 36.9. The Labute approximate surface area is 224 Å². The molecule has 0 spiro atoms. The number of amides is 3. The largest absolute Gasteiger partial charge is 0.490 e. The second-order valence-corrected chi connectivity index (χ2v) is 9.21. The summed E-state index contributed by atoms with van der Waals surface area (Å²) in [7, 11) is 0. The third kappa shape index (κ3) is 10.2. The minimum Gasteiger partial charge on any atom is -0.490 e. The maximum absolute atomic E-state index is 12.9. The quantitative estimate of drug-likeness (QED) is 0.345. The van der Waals surface area contributed by atoms with Crippen LogP contribution in [0, 0.1) is 0 Å². The van der Waals surface area contributed by atoms with E-state index in [1.807, 2.05) is 26.8 Å². The third-order valence-corrected chi connectivity index (χ3v) is 4.86. The van der Waals surface area contributed by atoms with E-state index in [1.54, 1.807) is 51.1 Å². The molecule has 0 unspecified atom stereocenters. The number of carbonyl (C=O) groups excluding carboxylic acids is 3. The van der Waals surface area contributed by atoms with Crippen molar-refractivity contribution in [2.75, 3.05) is 31.7 Å². The van der Waals surface area contributed by atoms with Gasteiger partial charge >= 0.3 is 6.09 Å². The monoisotopic (exact) mass is 529 g/mol. The average Bonchev–Trinajstić information content (AvgIpc) is 2.83. The molecule has 2 rings (SSSR count). The summed E-state index contributed by atoms with van der Waals surface area (Å²) < 4.78 is 22.2. The van der Waals surface area contributed by atoms with Crippen LogP contribution in [0.2, 0.25) is 0 Å². The van der Waals surface area contributed by atoms with Gasteiger partial charge in [0.1, 0.15) is 5.60 Å². The smallest absolute Gasteiger partial charge is 0.407 e. The minimum atomic E-state index is -0.605. The molecular formula is C28H39N3O7. The van der Waals surface area contributed by atoms with Crippen LogP contribution >= 0.6 is 0 Å². The van der Waals surface area contributed by atoms with Gasteiger partial charge in [0.25, 0.3) is 5.91 Å². The summed E-state index contributed by atoms with van der Waals surface area (Å²) in [6.07, 6.45) is -0.486. The Morgan fingerprint density at radius 1 is 0.842 bits per heavy atom. The first-order chi connectivity index (χ1) is 18.1. The maximum Gasteiger partial charge on any atom is 0.407 e. The predicted molar refractivity (Wildman–Crippen MR) is 145 cm³/mol. The molecule has 38 heavy (non-hydrogen) atoms. The topological polar surface area (TPSA) is 124 Å². The highest BCUT2D eigenvalue weighted by Crippen LogP contribution is 2.39. The molecule has 0 aromatic heterocycles. The van der Waals surface area contributed by atoms with Crippen LogP contribution in [0.1, 0.15) is 63.9 Å². The molecule has 0 saturated carbocycles. The molecule has 0 fully saturated rings. The molecule has 0 bridgehead atoms. The van der Waals surface area contributed by atoms with E-state index in [1.165, 1.54) is 0 Å². The maximum atomic E-state index is 12.9. The molecule has 10 nitrogen and oxygen atoms in total. The van der Waals surface area contributed by atoms with Crippen molar-refractivity contribution in [1.29, 1.82) is 0 Å². The summed E-state index contributed by atoms with van der Waals surface area (Å²) in [5.41, 5.74) is 1.15. The summed E-state index contributed by atoms with van der Waals surface area (Å²) in [6, 6.07) is 10.4. The summed E-state index contributed by atoms with van der Waals surface area (Å²) >= 11 is 0. The summed E-state index contributed by atoms with van der Waals surface area (Å²) in [6.45, 7) is 12.5. The Bertz CT molecular complexity index is 1070. The molecule has 0 heterocycles. The highest BCUT2D eigenvalue weighted by atomic mass is 16.6. The van der Waals surface area contributed by atoms with E-state index in [-0.39, 0.29) is 31.3 Å². The molecule has 0 aliphatic rings. The zero-order chi connectivity index (χ0) is 28.1. The zero-order valence-electron chi connectivity index (χ0n) is 23.1. The molecule has 0 radical (unpaired) electrons. The Morgan fingerprint density at radius 2 is 1.47 bits per heavy atom. The van der Waals surface area contributed by atoms with E-state index in [0.29, 0.717) is 48.3 Å². The minimum absolute atomic E-state index is 0.0856. The molecule has 2 aromatic rings. The van der Waals surface area contributed by atoms with Crippen molar-refractivity contribution >= 4 is 23.6 Å². The van der Waals surface area contributed by atoms with Crippen molar-refractivity contribution < 1.29 is 33.3 Å². The molecule has 2 aromatic carbocycles. The number of alkyl carbamates (subject to hydrolysis) is 1. The van der Waals surface area contributed by atoms with Crippen molar-refractivity contribution in [3.05, 3.63) is 47.5 Å². The van der Waals surface area contributed by atoms with Crippen molar-refractivity contribution in [2.45, 2.75) is 60.1 Å². The van der Waals surface area contributed by atoms with Gasteiger partial charge in [-0.3, -0.25) is 9.59 Å². The van der Waals surface area contributed by atoms with Crippen LogP contribution in [-0.2, 0) is 16.1 Å². The van der Waals surface area contributed by atoms with Gasteiger partial charge in [-0.15, -0.1) is 0 Å². The highest BCUT2D eigenvalue weighted by Gasteiger charge is 2.19. The van der Waals surface area contributed by atoms with Gasteiger partial charge in [0.2, 0.25) is 11.7 Å². The van der Waals surface area contributed by atoms with Gasteiger partial charge in [0.15, 0.2) is 11.5 Å². The van der Waals surface area contributed by atoms with Crippen molar-refractivity contribution in [2.24, 2.45) is 0 Å². The summed E-state index contributed by atoms with van der Waals surface area (Å²) in [5, 5.41) is 8.23. The van der Waals surface area contributed by atoms with Crippen LogP contribution < -0.4 is 30.2 Å². The van der Waals surface area contributed by atoms with Gasteiger partial charge in [-0.05, 0) is 71.4 Å². The number of hydrogen-bond acceptors (Lipinski definition) is 7. The molecular weight excluding hydrogens is 490 g/mol. The zero-order valence-corrected chi connectivity index (χ0v) is 23.1. The van der Waals surface area contributed by atoms with Crippen molar-refractivity contribution in [1.82, 2.24) is 10.6 Å². The van der Waals surface area contributed by atoms with Gasteiger partial charge in [-0.25, -0.2) is 4.79 Å². The lowest BCUT2D eigenvalue weighted by atomic mass is 10.1. The fourth-order valence-corrected chi connectivity index (χ4v) is 3.38. The van der Waals surface area contributed by atoms with Crippen LogP contribution in [-0.4, -0.2) is 49.9 Å². The lowest BCUT2D eigenvalue weighted by Crippen LogP contribution is -2.34. The average molecular weight is 530 g/mol. The van der Waals surface area contributed by atoms with Gasteiger partial charge in [-0.1, -0.05) is 12.1 Å². The normalized spacial score (nSPS) is 10.8. The molecule has 3 N–H and O–H groups in total. The fourth-order valence-electron chi connectivity index (χ4n) is 3.38. The number of rotatable bonds is 13. The van der Waals surface area contributed by atoms with E-state index in [4.69, 9.17) is 18.9 Å². The predicted octanol–water partition coefficient (Wildman–Crippen LogP) is 4.67. The Morgan fingerprint density at radius 3 is 2.05 bits per heavy atom. The number of anilines is 1. The van der Waals surface area contributed by atoms with Gasteiger partial charge in [0.05, 0.1) is 19.8 Å². The number of ether oxygens (including phenoxy) is 4. The fraction of sp³-hybridized carbons (Fsp3) is 0.464. The second kappa shape index (κ2) is 14.7. The van der Waals surface area contributed by atoms with Crippen LogP contribution in [0.15, 0.2) is 36.4 Å². The van der Waals surface area contributed by atoms with Crippen LogP contribution in [0.25, 0.3) is 0 Å². The summed E-state index contributed by atoms with van der Waals surface area (Å²) in [5.74, 6) is 0.784. The molecule has 0 saturated heterocycles. The number of carbonyl (C=O) groups is 3. The first-order valence-electron chi connectivity index (χ1n) is 12.8. The van der Waals surface area contributed by atoms with E-state index >= 15 is 0 Å². The van der Waals surface area contributed by atoms with Crippen LogP contribution in [0.4, 0.5) is 10.5 Å². The Hall–Kier alpha value is -3.95. The van der Waals surface area contributed by atoms with E-state index < -0.39 is 11.7 Å². The standard InChI is InChI=1S/C28H39N3O7/c1-7-35-22-16-20(17-23(36-8-2)25(22)37-9-3)26(33)30-18-19-11-10-12-21(15-19)31-24(32)13-14-29-27(34)38-28(4,5)6/h10-12,15-17H,7-9,13-14,18H2,1-6H3,(H,29,34)(H,30,33)(H,31,32). The van der Waals surface area contributed by atoms with Crippen LogP contribution in [0.3, 0.4) is 0 Å². The third-order valence-electron chi connectivity index (χ3n) is 4.86. The number of hydrogen-bond donors (Lipinski definition) is 3. The van der Waals surface area contributed by atoms with Gasteiger partial charge in [0, 0.05) is 30.8 Å². The van der Waals surface area contributed by atoms with E-state index in [2.05, 4.69) is 16.0 Å². The molecule has 10 heteroatoms. The first-order valence-corrected chi connectivity index (χ1v) is 12.8. The van der Waals surface area contributed by atoms with Crippen LogP contribution in [0.5, 0.6) is 17.2 Å². The lowest BCUT2D eigenvalue weighted by Gasteiger charge is -2.19. The molecule has 0 aliphatic carbocycles. The number of benzene rings is 2. The van der Waals surface area contributed by atoms with Crippen molar-refractivity contribution in [3.8, 4) is 17.2 Å². The van der Waals surface area contributed by atoms with Crippen molar-refractivity contribution in [3.63, 3.8) is 0 Å². The molecule has 208 valence electrons. The lowest BCUT2D eigenvalue weighted by molar-refractivity contribution is -0.116. The number of nitrogens with one attached hydrogen (secondary N) is 3. The molecule has 3 amide bonds. The Balaban J connectivity index is 1.98.